The third-order valence-corrected chi connectivity index (χ3v) is 7.28. The second-order valence-corrected chi connectivity index (χ2v) is 9.58. The minimum atomic E-state index is -0.106. The van der Waals surface area contributed by atoms with Crippen LogP contribution in [0.2, 0.25) is 0 Å². The zero-order valence-electron chi connectivity index (χ0n) is 19.2. The van der Waals surface area contributed by atoms with Gasteiger partial charge in [-0.1, -0.05) is 59.9 Å². The summed E-state index contributed by atoms with van der Waals surface area (Å²) in [5.41, 5.74) is 7.18. The number of aromatic nitrogens is 1. The molecule has 1 aromatic heterocycles. The van der Waals surface area contributed by atoms with Crippen LogP contribution in [0.25, 0.3) is 11.3 Å². The molecule has 1 fully saturated rings. The third kappa shape index (κ3) is 5.67. The van der Waals surface area contributed by atoms with Gasteiger partial charge in [0.2, 0.25) is 0 Å². The van der Waals surface area contributed by atoms with E-state index in [-0.39, 0.29) is 22.9 Å². The highest BCUT2D eigenvalue weighted by Crippen LogP contribution is 2.33. The number of fused-ring (bicyclic) bond motifs is 1. The molecule has 0 bridgehead atoms. The Labute approximate surface area is 215 Å². The number of amides is 1. The van der Waals surface area contributed by atoms with Gasteiger partial charge in [-0.15, -0.1) is 17.0 Å². The van der Waals surface area contributed by atoms with Gasteiger partial charge in [0.15, 0.2) is 5.13 Å². The van der Waals surface area contributed by atoms with Gasteiger partial charge >= 0.3 is 0 Å². The Morgan fingerprint density at radius 1 is 1.00 bits per heavy atom. The maximum Gasteiger partial charge on any atom is 0.259 e. The number of hydrogen-bond donors (Lipinski definition) is 1. The van der Waals surface area contributed by atoms with Crippen LogP contribution < -0.4 is 15.2 Å². The number of thiazole rings is 1. The first kappa shape index (κ1) is 24.4. The molecular formula is C26H30BrN5OS. The standard InChI is InChI=1S/C26H29N5OS.BrH/c32-24(19-31-17-9-13-20-10-5-6-14-22(20)31)29-27-18-23-25(21-11-3-1-4-12-21)28-26(33-23)30-15-7-2-8-16-30;/h1,3-6,10-12,14,18H,2,7-9,13,15-17,19H2,(H,29,32);1H/b27-18+;. The van der Waals surface area contributed by atoms with Crippen LogP contribution in [0, 0.1) is 0 Å². The van der Waals surface area contributed by atoms with E-state index < -0.39 is 0 Å². The Morgan fingerprint density at radius 2 is 1.76 bits per heavy atom. The molecule has 2 aromatic carbocycles. The zero-order chi connectivity index (χ0) is 22.5. The van der Waals surface area contributed by atoms with Crippen molar-refractivity contribution < 1.29 is 4.79 Å². The summed E-state index contributed by atoms with van der Waals surface area (Å²) >= 11 is 1.64. The Hall–Kier alpha value is -2.71. The van der Waals surface area contributed by atoms with Gasteiger partial charge in [0.05, 0.1) is 23.3 Å². The number of para-hydroxylation sites is 1. The number of piperidine rings is 1. The largest absolute Gasteiger partial charge is 0.362 e. The van der Waals surface area contributed by atoms with Crippen LogP contribution in [0.5, 0.6) is 0 Å². The molecule has 6 nitrogen and oxygen atoms in total. The Kier molecular flexibility index (Phi) is 8.34. The highest BCUT2D eigenvalue weighted by atomic mass is 79.9. The first-order chi connectivity index (χ1) is 16.3. The number of rotatable bonds is 6. The number of carbonyl (C=O) groups excluding carboxylic acids is 1. The van der Waals surface area contributed by atoms with Crippen LogP contribution in [-0.4, -0.2) is 43.3 Å². The fourth-order valence-electron chi connectivity index (χ4n) is 4.58. The summed E-state index contributed by atoms with van der Waals surface area (Å²) in [6.07, 6.45) is 7.58. The zero-order valence-corrected chi connectivity index (χ0v) is 21.7. The summed E-state index contributed by atoms with van der Waals surface area (Å²) in [5, 5.41) is 5.34. The molecule has 34 heavy (non-hydrogen) atoms. The van der Waals surface area contributed by atoms with E-state index in [1.807, 2.05) is 24.3 Å². The highest BCUT2D eigenvalue weighted by Gasteiger charge is 2.20. The van der Waals surface area contributed by atoms with Gasteiger partial charge in [-0.25, -0.2) is 10.4 Å². The number of hydrogen-bond acceptors (Lipinski definition) is 6. The Balaban J connectivity index is 0.00000274. The molecule has 0 aliphatic carbocycles. The second-order valence-electron chi connectivity index (χ2n) is 8.57. The lowest BCUT2D eigenvalue weighted by atomic mass is 10.0. The van der Waals surface area contributed by atoms with Crippen molar-refractivity contribution in [1.29, 1.82) is 0 Å². The van der Waals surface area contributed by atoms with Crippen LogP contribution in [0.4, 0.5) is 10.8 Å². The topological polar surface area (TPSA) is 60.8 Å². The highest BCUT2D eigenvalue weighted by molar-refractivity contribution is 8.93. The normalized spacial score (nSPS) is 15.6. The van der Waals surface area contributed by atoms with Crippen molar-refractivity contribution in [2.75, 3.05) is 36.0 Å². The van der Waals surface area contributed by atoms with Crippen molar-refractivity contribution in [1.82, 2.24) is 10.4 Å². The quantitative estimate of drug-likeness (QED) is 0.342. The molecule has 1 N–H and O–H groups in total. The maximum atomic E-state index is 12.6. The molecule has 3 aromatic rings. The van der Waals surface area contributed by atoms with Crippen LogP contribution >= 0.6 is 28.3 Å². The van der Waals surface area contributed by atoms with Crippen LogP contribution in [-0.2, 0) is 11.2 Å². The summed E-state index contributed by atoms with van der Waals surface area (Å²) in [7, 11) is 0. The van der Waals surface area contributed by atoms with Crippen LogP contribution in [0.1, 0.15) is 36.1 Å². The van der Waals surface area contributed by atoms with Crippen molar-refractivity contribution in [3.05, 3.63) is 65.0 Å². The molecule has 0 radical (unpaired) electrons. The van der Waals surface area contributed by atoms with Crippen LogP contribution in [0.15, 0.2) is 59.7 Å². The van der Waals surface area contributed by atoms with Gasteiger partial charge in [0.1, 0.15) is 0 Å². The van der Waals surface area contributed by atoms with Gasteiger partial charge in [0.25, 0.3) is 5.91 Å². The average molecular weight is 541 g/mol. The second kappa shape index (κ2) is 11.6. The van der Waals surface area contributed by atoms with E-state index >= 15 is 0 Å². The summed E-state index contributed by atoms with van der Waals surface area (Å²) < 4.78 is 0. The van der Waals surface area contributed by atoms with Crippen molar-refractivity contribution in [3.8, 4) is 11.3 Å². The molecule has 2 aliphatic heterocycles. The summed E-state index contributed by atoms with van der Waals surface area (Å²) in [5.74, 6) is -0.106. The lowest BCUT2D eigenvalue weighted by molar-refractivity contribution is -0.119. The fourth-order valence-corrected chi connectivity index (χ4v) is 5.59. The molecule has 0 unspecified atom stereocenters. The van der Waals surface area contributed by atoms with E-state index in [2.05, 4.69) is 50.7 Å². The minimum Gasteiger partial charge on any atom is -0.362 e. The number of hydrazone groups is 1. The van der Waals surface area contributed by atoms with E-state index in [4.69, 9.17) is 4.98 Å². The molecule has 1 amide bonds. The minimum absolute atomic E-state index is 0. The predicted octanol–water partition coefficient (Wildman–Crippen LogP) is 5.28. The lowest BCUT2D eigenvalue weighted by Crippen LogP contribution is -2.38. The summed E-state index contributed by atoms with van der Waals surface area (Å²) in [6.45, 7) is 3.29. The Bertz CT molecular complexity index is 1130. The molecule has 1 saturated heterocycles. The maximum absolute atomic E-state index is 12.6. The number of carbonyl (C=O) groups is 1. The molecular weight excluding hydrogens is 510 g/mol. The van der Waals surface area contributed by atoms with Gasteiger partial charge in [0, 0.05) is 30.9 Å². The third-order valence-electron chi connectivity index (χ3n) is 6.23. The molecule has 0 spiro atoms. The molecule has 3 heterocycles. The number of nitrogens with one attached hydrogen (secondary N) is 1. The number of aryl methyl sites for hydroxylation is 1. The molecule has 8 heteroatoms. The average Bonchev–Trinajstić information content (AvgIpc) is 3.30. The fraction of sp³-hybridized carbons (Fsp3) is 0.346. The molecule has 0 atom stereocenters. The molecule has 2 aliphatic rings. The first-order valence-electron chi connectivity index (χ1n) is 11.7. The molecule has 178 valence electrons. The van der Waals surface area contributed by atoms with Crippen LogP contribution in [0.3, 0.4) is 0 Å². The SMILES string of the molecule is Br.O=C(CN1CCCc2ccccc21)N/N=C/c1sc(N2CCCCC2)nc1-c1ccccc1. The number of nitrogens with zero attached hydrogens (tertiary/aromatic N) is 4. The Morgan fingerprint density at radius 3 is 2.59 bits per heavy atom. The monoisotopic (exact) mass is 539 g/mol. The van der Waals surface area contributed by atoms with Crippen molar-refractivity contribution >= 4 is 51.3 Å². The van der Waals surface area contributed by atoms with E-state index in [0.717, 1.165) is 59.4 Å². The van der Waals surface area contributed by atoms with E-state index in [1.54, 1.807) is 17.6 Å². The number of halogens is 1. The first-order valence-corrected chi connectivity index (χ1v) is 12.6. The number of anilines is 2. The van der Waals surface area contributed by atoms with Gasteiger partial charge in [-0.3, -0.25) is 4.79 Å². The molecule has 5 rings (SSSR count). The van der Waals surface area contributed by atoms with Crippen molar-refractivity contribution in [2.45, 2.75) is 32.1 Å². The van der Waals surface area contributed by atoms with Gasteiger partial charge in [-0.2, -0.15) is 5.10 Å². The van der Waals surface area contributed by atoms with E-state index in [9.17, 15) is 4.79 Å². The van der Waals surface area contributed by atoms with E-state index in [0.29, 0.717) is 6.54 Å². The lowest BCUT2D eigenvalue weighted by Gasteiger charge is -2.30. The number of benzene rings is 2. The van der Waals surface area contributed by atoms with Gasteiger partial charge in [-0.05, 0) is 43.7 Å². The van der Waals surface area contributed by atoms with Crippen molar-refractivity contribution in [3.63, 3.8) is 0 Å². The van der Waals surface area contributed by atoms with E-state index in [1.165, 1.54) is 24.8 Å². The summed E-state index contributed by atoms with van der Waals surface area (Å²) in [6, 6.07) is 18.5. The molecule has 0 saturated carbocycles. The predicted molar refractivity (Wildman–Crippen MR) is 147 cm³/mol. The summed E-state index contributed by atoms with van der Waals surface area (Å²) in [4.78, 5) is 23.1. The smallest absolute Gasteiger partial charge is 0.259 e. The van der Waals surface area contributed by atoms with Gasteiger partial charge < -0.3 is 9.80 Å². The van der Waals surface area contributed by atoms with Crippen molar-refractivity contribution in [2.24, 2.45) is 5.10 Å².